The molecule has 0 aliphatic rings. The number of rotatable bonds is 6. The van der Waals surface area contributed by atoms with Crippen LogP contribution in [0.3, 0.4) is 0 Å². The summed E-state index contributed by atoms with van der Waals surface area (Å²) in [7, 11) is 0. The molecule has 0 aliphatic heterocycles. The van der Waals surface area contributed by atoms with E-state index in [1.54, 1.807) is 17.6 Å². The molecule has 0 radical (unpaired) electrons. The van der Waals surface area contributed by atoms with Gasteiger partial charge in [0.1, 0.15) is 11.3 Å². The molecular weight excluding hydrogens is 298 g/mol. The Kier molecular flexibility index (Phi) is 4.91. The molecule has 20 heavy (non-hydrogen) atoms. The molecule has 1 aromatic heterocycles. The first-order valence-electron chi connectivity index (χ1n) is 5.89. The first-order valence-corrected chi connectivity index (χ1v) is 7.75. The fourth-order valence-electron chi connectivity index (χ4n) is 1.53. The smallest absolute Gasteiger partial charge is 0.270 e. The van der Waals surface area contributed by atoms with Gasteiger partial charge < -0.3 is 4.74 Å². The molecule has 0 unspecified atom stereocenters. The summed E-state index contributed by atoms with van der Waals surface area (Å²) in [5.41, 5.74) is 2.50. The van der Waals surface area contributed by atoms with Crippen LogP contribution in [-0.4, -0.2) is 21.2 Å². The van der Waals surface area contributed by atoms with Gasteiger partial charge >= 0.3 is 0 Å². The number of hydrogen-bond donors (Lipinski definition) is 0. The summed E-state index contributed by atoms with van der Waals surface area (Å²) >= 11 is 2.92. The normalized spacial score (nSPS) is 10.8. The molecular formula is C12H13N3O3S2. The van der Waals surface area contributed by atoms with Crippen LogP contribution in [0.4, 0.5) is 5.69 Å². The van der Waals surface area contributed by atoms with Gasteiger partial charge in [-0.3, -0.25) is 10.1 Å². The lowest BCUT2D eigenvalue weighted by molar-refractivity contribution is -0.384. The third-order valence-electron chi connectivity index (χ3n) is 2.31. The molecule has 1 aromatic carbocycles. The Morgan fingerprint density at radius 2 is 2.30 bits per heavy atom. The van der Waals surface area contributed by atoms with Crippen LogP contribution in [0.25, 0.3) is 0 Å². The molecule has 0 bridgehead atoms. The Bertz CT molecular complexity index is 588. The number of aromatic nitrogens is 2. The quantitative estimate of drug-likeness (QED) is 0.461. The Hall–Kier alpha value is -1.67. The highest BCUT2D eigenvalue weighted by Gasteiger charge is 2.13. The lowest BCUT2D eigenvalue weighted by Crippen LogP contribution is -2.07. The van der Waals surface area contributed by atoms with Gasteiger partial charge in [-0.2, -0.15) is 0 Å². The van der Waals surface area contributed by atoms with Crippen molar-refractivity contribution in [3.8, 4) is 5.75 Å². The van der Waals surface area contributed by atoms with Gasteiger partial charge in [0.15, 0.2) is 4.34 Å². The van der Waals surface area contributed by atoms with E-state index in [4.69, 9.17) is 4.74 Å². The van der Waals surface area contributed by atoms with Gasteiger partial charge in [-0.05, 0) is 19.9 Å². The third-order valence-corrected chi connectivity index (χ3v) is 4.22. The van der Waals surface area contributed by atoms with Crippen molar-refractivity contribution in [3.63, 3.8) is 0 Å². The monoisotopic (exact) mass is 311 g/mol. The first kappa shape index (κ1) is 14.7. The highest BCUT2D eigenvalue weighted by atomic mass is 32.2. The second-order valence-electron chi connectivity index (χ2n) is 4.21. The third kappa shape index (κ3) is 3.91. The summed E-state index contributed by atoms with van der Waals surface area (Å²) in [6.45, 7) is 3.84. The van der Waals surface area contributed by atoms with Crippen LogP contribution in [0.1, 0.15) is 19.4 Å². The van der Waals surface area contributed by atoms with E-state index in [9.17, 15) is 10.1 Å². The molecule has 6 nitrogen and oxygen atoms in total. The van der Waals surface area contributed by atoms with Gasteiger partial charge in [0.2, 0.25) is 0 Å². The summed E-state index contributed by atoms with van der Waals surface area (Å²) < 4.78 is 6.51. The largest absolute Gasteiger partial charge is 0.491 e. The number of hydrogen-bond acceptors (Lipinski definition) is 7. The zero-order valence-electron chi connectivity index (χ0n) is 11.0. The van der Waals surface area contributed by atoms with Gasteiger partial charge in [-0.15, -0.1) is 10.2 Å². The zero-order valence-corrected chi connectivity index (χ0v) is 12.6. The summed E-state index contributed by atoms with van der Waals surface area (Å²) in [5.74, 6) is 1.22. The van der Waals surface area contributed by atoms with Crippen LogP contribution >= 0.6 is 23.1 Å². The lowest BCUT2D eigenvalue weighted by atomic mass is 10.2. The topological polar surface area (TPSA) is 78.2 Å². The van der Waals surface area contributed by atoms with Gasteiger partial charge in [-0.1, -0.05) is 23.1 Å². The molecule has 106 valence electrons. The van der Waals surface area contributed by atoms with E-state index in [1.165, 1.54) is 29.2 Å². The number of nitro groups is 1. The summed E-state index contributed by atoms with van der Waals surface area (Å²) in [6.07, 6.45) is 0.0155. The van der Waals surface area contributed by atoms with E-state index in [-0.39, 0.29) is 11.8 Å². The molecule has 2 rings (SSSR count). The minimum absolute atomic E-state index is 0.0155. The Balaban J connectivity index is 2.21. The zero-order chi connectivity index (χ0) is 14.5. The minimum atomic E-state index is -0.404. The number of nitrogens with zero attached hydrogens (tertiary/aromatic N) is 3. The van der Waals surface area contributed by atoms with Gasteiger partial charge in [0.25, 0.3) is 5.69 Å². The molecule has 0 saturated heterocycles. The van der Waals surface area contributed by atoms with E-state index in [0.717, 1.165) is 9.90 Å². The number of nitro benzene ring substituents is 1. The van der Waals surface area contributed by atoms with E-state index in [0.29, 0.717) is 11.5 Å². The number of non-ortho nitro benzene ring substituents is 1. The van der Waals surface area contributed by atoms with Crippen LogP contribution in [-0.2, 0) is 5.75 Å². The highest BCUT2D eigenvalue weighted by Crippen LogP contribution is 2.31. The molecule has 0 fully saturated rings. The van der Waals surface area contributed by atoms with Crippen LogP contribution < -0.4 is 4.74 Å². The molecule has 0 N–H and O–H groups in total. The van der Waals surface area contributed by atoms with Gasteiger partial charge in [0.05, 0.1) is 11.0 Å². The van der Waals surface area contributed by atoms with Crippen molar-refractivity contribution >= 4 is 28.8 Å². The summed E-state index contributed by atoms with van der Waals surface area (Å²) in [5, 5.41) is 18.6. The van der Waals surface area contributed by atoms with Crippen molar-refractivity contribution in [2.75, 3.05) is 0 Å². The average Bonchev–Trinajstić information content (AvgIpc) is 2.89. The second-order valence-corrected chi connectivity index (χ2v) is 6.26. The maximum atomic E-state index is 10.9. The minimum Gasteiger partial charge on any atom is -0.491 e. The van der Waals surface area contributed by atoms with E-state index in [1.807, 2.05) is 13.8 Å². The Morgan fingerprint density at radius 3 is 2.90 bits per heavy atom. The fraction of sp³-hybridized carbons (Fsp3) is 0.333. The number of ether oxygens (including phenoxy) is 1. The molecule has 2 aromatic rings. The van der Waals surface area contributed by atoms with Crippen molar-refractivity contribution in [1.82, 2.24) is 10.2 Å². The first-order chi connectivity index (χ1) is 9.56. The van der Waals surface area contributed by atoms with E-state index in [2.05, 4.69) is 10.2 Å². The maximum Gasteiger partial charge on any atom is 0.270 e. The van der Waals surface area contributed by atoms with Crippen LogP contribution in [0.5, 0.6) is 5.75 Å². The summed E-state index contributed by atoms with van der Waals surface area (Å²) in [4.78, 5) is 10.5. The number of benzene rings is 1. The van der Waals surface area contributed by atoms with E-state index >= 15 is 0 Å². The second kappa shape index (κ2) is 6.67. The Morgan fingerprint density at radius 1 is 1.50 bits per heavy atom. The predicted octanol–water partition coefficient (Wildman–Crippen LogP) is 3.53. The molecule has 0 amide bonds. The standard InChI is InChI=1S/C12H13N3O3S2/c1-8(2)18-11-4-3-10(15(16)17)5-9(11)6-19-12-14-13-7-20-12/h3-5,7-8H,6H2,1-2H3. The molecule has 1 heterocycles. The van der Waals surface area contributed by atoms with Crippen molar-refractivity contribution in [3.05, 3.63) is 39.4 Å². The molecule has 0 saturated carbocycles. The molecule has 0 spiro atoms. The van der Waals surface area contributed by atoms with Gasteiger partial charge in [0, 0.05) is 23.4 Å². The van der Waals surface area contributed by atoms with Crippen molar-refractivity contribution in [1.29, 1.82) is 0 Å². The number of thioether (sulfide) groups is 1. The average molecular weight is 311 g/mol. The lowest BCUT2D eigenvalue weighted by Gasteiger charge is -2.13. The molecule has 0 aliphatic carbocycles. The van der Waals surface area contributed by atoms with E-state index < -0.39 is 4.92 Å². The fourth-order valence-corrected chi connectivity index (χ4v) is 2.99. The molecule has 0 atom stereocenters. The predicted molar refractivity (Wildman–Crippen MR) is 78.3 cm³/mol. The van der Waals surface area contributed by atoms with Crippen molar-refractivity contribution in [2.24, 2.45) is 0 Å². The summed E-state index contributed by atoms with van der Waals surface area (Å²) in [6, 6.07) is 4.65. The van der Waals surface area contributed by atoms with Crippen molar-refractivity contribution in [2.45, 2.75) is 30.0 Å². The van der Waals surface area contributed by atoms with Gasteiger partial charge in [-0.25, -0.2) is 0 Å². The van der Waals surface area contributed by atoms with Crippen LogP contribution in [0.15, 0.2) is 28.0 Å². The molecule has 8 heteroatoms. The SMILES string of the molecule is CC(C)Oc1ccc([N+](=O)[O-])cc1CSc1nncs1. The highest BCUT2D eigenvalue weighted by molar-refractivity contribution is 8.00. The Labute approximate surface area is 124 Å². The van der Waals surface area contributed by atoms with Crippen LogP contribution in [0, 0.1) is 10.1 Å². The van der Waals surface area contributed by atoms with Crippen molar-refractivity contribution < 1.29 is 9.66 Å². The maximum absolute atomic E-state index is 10.9. The van der Waals surface area contributed by atoms with Crippen LogP contribution in [0.2, 0.25) is 0 Å².